The summed E-state index contributed by atoms with van der Waals surface area (Å²) in [6.07, 6.45) is 0. The number of nitrogens with one attached hydrogen (secondary N) is 2. The van der Waals surface area contributed by atoms with Crippen molar-refractivity contribution in [2.75, 3.05) is 0 Å². The van der Waals surface area contributed by atoms with E-state index < -0.39 is 11.8 Å². The van der Waals surface area contributed by atoms with Gasteiger partial charge in [-0.3, -0.25) is 9.59 Å². The summed E-state index contributed by atoms with van der Waals surface area (Å²) < 4.78 is 0. The van der Waals surface area contributed by atoms with Crippen LogP contribution >= 0.6 is 0 Å². The standard InChI is InChI=1S/C15H19N7O4/c1-8(10(3)21-25)17-19-14(23)12-6-5-7-13(16-12)15(24)20-18-9(2)11(4)22-26/h5-7,25-26H,1-4H3,(H,19,23)(H,20,24)/b17-8+,18-9+,21-10+,22-11+. The predicted molar refractivity (Wildman–Crippen MR) is 95.2 cm³/mol. The van der Waals surface area contributed by atoms with Crippen molar-refractivity contribution < 1.29 is 20.0 Å². The molecule has 0 radical (unpaired) electrons. The van der Waals surface area contributed by atoms with Gasteiger partial charge in [0, 0.05) is 0 Å². The van der Waals surface area contributed by atoms with E-state index in [-0.39, 0.29) is 22.8 Å². The number of carbonyl (C=O) groups excluding carboxylic acids is 2. The van der Waals surface area contributed by atoms with E-state index in [1.54, 1.807) is 13.8 Å². The Morgan fingerprint density at radius 3 is 1.54 bits per heavy atom. The van der Waals surface area contributed by atoms with E-state index in [2.05, 4.69) is 36.3 Å². The fourth-order valence-electron chi connectivity index (χ4n) is 1.38. The lowest BCUT2D eigenvalue weighted by Crippen LogP contribution is -2.25. The van der Waals surface area contributed by atoms with E-state index >= 15 is 0 Å². The fourth-order valence-corrected chi connectivity index (χ4v) is 1.38. The van der Waals surface area contributed by atoms with Crippen molar-refractivity contribution in [2.45, 2.75) is 27.7 Å². The molecule has 0 aliphatic rings. The number of carbonyl (C=O) groups is 2. The Balaban J connectivity index is 2.87. The first-order valence-electron chi connectivity index (χ1n) is 7.34. The summed E-state index contributed by atoms with van der Waals surface area (Å²) >= 11 is 0. The van der Waals surface area contributed by atoms with E-state index in [1.165, 1.54) is 32.0 Å². The maximum Gasteiger partial charge on any atom is 0.289 e. The van der Waals surface area contributed by atoms with Gasteiger partial charge in [0.25, 0.3) is 11.8 Å². The van der Waals surface area contributed by atoms with E-state index in [1.807, 2.05) is 0 Å². The first kappa shape index (κ1) is 20.4. The fraction of sp³-hybridized carbons (Fsp3) is 0.267. The second-order valence-corrected chi connectivity index (χ2v) is 5.06. The third-order valence-corrected chi connectivity index (χ3v) is 3.21. The lowest BCUT2D eigenvalue weighted by atomic mass is 10.3. The van der Waals surface area contributed by atoms with Gasteiger partial charge < -0.3 is 10.4 Å². The van der Waals surface area contributed by atoms with Crippen LogP contribution in [0.4, 0.5) is 0 Å². The number of rotatable bonds is 6. The Bertz CT molecular complexity index is 749. The molecule has 0 saturated carbocycles. The molecule has 11 nitrogen and oxygen atoms in total. The highest BCUT2D eigenvalue weighted by Crippen LogP contribution is 2.00. The lowest BCUT2D eigenvalue weighted by Gasteiger charge is -2.04. The molecule has 0 atom stereocenters. The van der Waals surface area contributed by atoms with E-state index in [0.717, 1.165) is 0 Å². The molecule has 0 fully saturated rings. The van der Waals surface area contributed by atoms with Gasteiger partial charge >= 0.3 is 0 Å². The van der Waals surface area contributed by atoms with Crippen molar-refractivity contribution in [1.29, 1.82) is 0 Å². The van der Waals surface area contributed by atoms with Crippen LogP contribution in [0.2, 0.25) is 0 Å². The minimum atomic E-state index is -0.646. The number of hydrogen-bond donors (Lipinski definition) is 4. The Labute approximate surface area is 149 Å². The maximum atomic E-state index is 12.0. The van der Waals surface area contributed by atoms with Crippen LogP contribution in [0.1, 0.15) is 48.7 Å². The van der Waals surface area contributed by atoms with Crippen LogP contribution in [-0.4, -0.2) is 50.1 Å². The first-order valence-corrected chi connectivity index (χ1v) is 7.34. The highest BCUT2D eigenvalue weighted by atomic mass is 16.4. The summed E-state index contributed by atoms with van der Waals surface area (Å²) in [5.41, 5.74) is 5.50. The first-order chi connectivity index (χ1) is 12.3. The summed E-state index contributed by atoms with van der Waals surface area (Å²) in [5, 5.41) is 30.7. The summed E-state index contributed by atoms with van der Waals surface area (Å²) in [4.78, 5) is 28.0. The van der Waals surface area contributed by atoms with E-state index in [4.69, 9.17) is 10.4 Å². The quantitative estimate of drug-likeness (QED) is 0.337. The van der Waals surface area contributed by atoms with Gasteiger partial charge in [0.1, 0.15) is 11.4 Å². The van der Waals surface area contributed by atoms with Crippen molar-refractivity contribution >= 4 is 34.7 Å². The molecule has 1 heterocycles. The number of oxime groups is 2. The van der Waals surface area contributed by atoms with Crippen molar-refractivity contribution in [3.63, 3.8) is 0 Å². The van der Waals surface area contributed by atoms with Gasteiger partial charge in [-0.15, -0.1) is 0 Å². The molecule has 0 aliphatic carbocycles. The topological polar surface area (TPSA) is 161 Å². The number of pyridine rings is 1. The maximum absolute atomic E-state index is 12.0. The van der Waals surface area contributed by atoms with Crippen molar-refractivity contribution in [3.05, 3.63) is 29.6 Å². The normalized spacial score (nSPS) is 13.4. The Kier molecular flexibility index (Phi) is 7.55. The molecule has 0 spiro atoms. The molecule has 0 bridgehead atoms. The van der Waals surface area contributed by atoms with Gasteiger partial charge in [0.15, 0.2) is 0 Å². The minimum Gasteiger partial charge on any atom is -0.411 e. The zero-order valence-corrected chi connectivity index (χ0v) is 14.7. The van der Waals surface area contributed by atoms with Gasteiger partial charge in [0.05, 0.1) is 22.8 Å². The van der Waals surface area contributed by atoms with Crippen molar-refractivity contribution in [3.8, 4) is 0 Å². The van der Waals surface area contributed by atoms with E-state index in [9.17, 15) is 9.59 Å². The Hall–Kier alpha value is -3.63. The lowest BCUT2D eigenvalue weighted by molar-refractivity contribution is 0.0945. The van der Waals surface area contributed by atoms with Crippen LogP contribution < -0.4 is 10.9 Å². The molecule has 1 aromatic rings. The molecule has 0 aromatic carbocycles. The number of nitrogens with zero attached hydrogens (tertiary/aromatic N) is 5. The van der Waals surface area contributed by atoms with Gasteiger partial charge in [-0.1, -0.05) is 16.4 Å². The number of hydrogen-bond acceptors (Lipinski definition) is 9. The van der Waals surface area contributed by atoms with Crippen molar-refractivity contribution in [1.82, 2.24) is 15.8 Å². The number of aromatic nitrogens is 1. The van der Waals surface area contributed by atoms with Crippen LogP contribution in [0, 0.1) is 0 Å². The molecule has 0 aliphatic heterocycles. The van der Waals surface area contributed by atoms with Crippen LogP contribution in [0.25, 0.3) is 0 Å². The molecular weight excluding hydrogens is 342 g/mol. The molecule has 1 aromatic heterocycles. The summed E-state index contributed by atoms with van der Waals surface area (Å²) in [6, 6.07) is 4.28. The molecule has 2 amide bonds. The zero-order valence-electron chi connectivity index (χ0n) is 14.7. The molecule has 1 rings (SSSR count). The van der Waals surface area contributed by atoms with Gasteiger partial charge in [-0.25, -0.2) is 15.8 Å². The van der Waals surface area contributed by atoms with Crippen molar-refractivity contribution in [2.24, 2.45) is 20.5 Å². The summed E-state index contributed by atoms with van der Waals surface area (Å²) in [6.45, 7) is 6.12. The van der Waals surface area contributed by atoms with Crippen LogP contribution in [0.3, 0.4) is 0 Å². The molecule has 138 valence electrons. The van der Waals surface area contributed by atoms with Gasteiger partial charge in [0.2, 0.25) is 0 Å². The SMILES string of the molecule is CC(=N\O)/C(C)=N/NC(=O)c1cccc(C(=O)N/N=C(C)/C(C)=N/O)n1. The third-order valence-electron chi connectivity index (χ3n) is 3.21. The highest BCUT2D eigenvalue weighted by Gasteiger charge is 2.12. The third kappa shape index (κ3) is 5.78. The number of hydrazone groups is 2. The van der Waals surface area contributed by atoms with Gasteiger partial charge in [-0.2, -0.15) is 10.2 Å². The molecule has 26 heavy (non-hydrogen) atoms. The molecule has 4 N–H and O–H groups in total. The predicted octanol–water partition coefficient (Wildman–Crippen LogP) is 0.993. The van der Waals surface area contributed by atoms with Crippen LogP contribution in [0.15, 0.2) is 38.7 Å². The summed E-state index contributed by atoms with van der Waals surface area (Å²) in [7, 11) is 0. The number of amides is 2. The molecule has 0 unspecified atom stereocenters. The smallest absolute Gasteiger partial charge is 0.289 e. The summed E-state index contributed by atoms with van der Waals surface area (Å²) in [5.74, 6) is -1.29. The Morgan fingerprint density at radius 1 is 0.808 bits per heavy atom. The average molecular weight is 361 g/mol. The van der Waals surface area contributed by atoms with Crippen LogP contribution in [0.5, 0.6) is 0 Å². The Morgan fingerprint density at radius 2 is 1.19 bits per heavy atom. The average Bonchev–Trinajstić information content (AvgIpc) is 2.68. The van der Waals surface area contributed by atoms with Crippen LogP contribution in [-0.2, 0) is 0 Å². The second-order valence-electron chi connectivity index (χ2n) is 5.06. The zero-order chi connectivity index (χ0) is 19.7. The highest BCUT2D eigenvalue weighted by molar-refractivity contribution is 6.40. The molecular formula is C15H19N7O4. The monoisotopic (exact) mass is 361 g/mol. The van der Waals surface area contributed by atoms with E-state index in [0.29, 0.717) is 11.4 Å². The molecule has 0 saturated heterocycles. The largest absolute Gasteiger partial charge is 0.411 e. The van der Waals surface area contributed by atoms with Gasteiger partial charge in [-0.05, 0) is 39.8 Å². The molecule has 11 heteroatoms. The minimum absolute atomic E-state index is 0.0402. The second kappa shape index (κ2) is 9.61.